The molecule has 6 nitrogen and oxygen atoms in total. The Morgan fingerprint density at radius 1 is 1.20 bits per heavy atom. The van der Waals surface area contributed by atoms with E-state index in [4.69, 9.17) is 4.74 Å². The molecule has 1 amide bonds. The van der Waals surface area contributed by atoms with Crippen LogP contribution in [0.25, 0.3) is 0 Å². The van der Waals surface area contributed by atoms with Crippen molar-refractivity contribution >= 4 is 11.6 Å². The van der Waals surface area contributed by atoms with Gasteiger partial charge in [-0.25, -0.2) is 0 Å². The lowest BCUT2D eigenvalue weighted by molar-refractivity contribution is -0.131. The zero-order chi connectivity index (χ0) is 21.9. The summed E-state index contributed by atoms with van der Waals surface area (Å²) in [6, 6.07) is 6.60. The summed E-state index contributed by atoms with van der Waals surface area (Å²) in [7, 11) is 5.91. The van der Waals surface area contributed by atoms with E-state index in [0.29, 0.717) is 6.04 Å². The summed E-state index contributed by atoms with van der Waals surface area (Å²) in [5.74, 6) is 0.119. The predicted molar refractivity (Wildman–Crippen MR) is 123 cm³/mol. The maximum absolute atomic E-state index is 13.5. The van der Waals surface area contributed by atoms with Gasteiger partial charge in [-0.3, -0.25) is 14.6 Å². The lowest BCUT2D eigenvalue weighted by atomic mass is 9.83. The van der Waals surface area contributed by atoms with Crippen LogP contribution in [0.5, 0.6) is 0 Å². The number of para-hydroxylation sites is 1. The van der Waals surface area contributed by atoms with Crippen LogP contribution in [0.2, 0.25) is 0 Å². The number of likely N-dealkylation sites (tertiary alicyclic amines) is 2. The van der Waals surface area contributed by atoms with E-state index in [0.717, 1.165) is 68.8 Å². The highest BCUT2D eigenvalue weighted by atomic mass is 16.5. The van der Waals surface area contributed by atoms with Crippen LogP contribution in [0.3, 0.4) is 0 Å². The number of anilines is 1. The van der Waals surface area contributed by atoms with E-state index in [9.17, 15) is 4.79 Å². The Labute approximate surface area is 182 Å². The van der Waals surface area contributed by atoms with Crippen molar-refractivity contribution < 1.29 is 9.53 Å². The fraction of sp³-hybridized carbons (Fsp3) is 0.708. The Balaban J connectivity index is 1.70. The molecule has 3 rings (SSSR count). The first-order valence-electron chi connectivity index (χ1n) is 11.4. The van der Waals surface area contributed by atoms with Crippen molar-refractivity contribution in [2.24, 2.45) is 0 Å². The van der Waals surface area contributed by atoms with Crippen LogP contribution >= 0.6 is 0 Å². The molecule has 1 aromatic carbocycles. The number of hydrogen-bond acceptors (Lipinski definition) is 5. The van der Waals surface area contributed by atoms with Crippen molar-refractivity contribution in [1.82, 2.24) is 14.7 Å². The molecule has 0 unspecified atom stereocenters. The molecular formula is C24H40N4O2. The Hall–Kier alpha value is -1.47. The minimum atomic E-state index is -0.474. The van der Waals surface area contributed by atoms with Gasteiger partial charge in [0.1, 0.15) is 5.54 Å². The zero-order valence-electron chi connectivity index (χ0n) is 19.7. The molecule has 0 saturated carbocycles. The molecule has 2 heterocycles. The van der Waals surface area contributed by atoms with Crippen LogP contribution in [0.1, 0.15) is 37.3 Å². The van der Waals surface area contributed by atoms with Crippen LogP contribution in [-0.4, -0.2) is 92.2 Å². The lowest BCUT2D eigenvalue weighted by Gasteiger charge is -2.49. The van der Waals surface area contributed by atoms with Crippen LogP contribution in [-0.2, 0) is 9.53 Å². The molecule has 2 fully saturated rings. The van der Waals surface area contributed by atoms with E-state index in [-0.39, 0.29) is 12.0 Å². The van der Waals surface area contributed by atoms with Crippen molar-refractivity contribution in [3.05, 3.63) is 29.3 Å². The number of rotatable bonds is 6. The number of aryl methyl sites for hydroxylation is 2. The summed E-state index contributed by atoms with van der Waals surface area (Å²) in [5, 5.41) is 3.27. The number of likely N-dealkylation sites (N-methyl/N-ethyl adjacent to an activating group) is 2. The highest BCUT2D eigenvalue weighted by Gasteiger charge is 2.46. The van der Waals surface area contributed by atoms with Gasteiger partial charge in [-0.15, -0.1) is 0 Å². The van der Waals surface area contributed by atoms with Gasteiger partial charge in [-0.2, -0.15) is 0 Å². The maximum atomic E-state index is 13.5. The molecule has 0 spiro atoms. The highest BCUT2D eigenvalue weighted by molar-refractivity contribution is 5.99. The van der Waals surface area contributed by atoms with E-state index in [1.165, 1.54) is 0 Å². The van der Waals surface area contributed by atoms with Crippen LogP contribution in [0.15, 0.2) is 18.2 Å². The monoisotopic (exact) mass is 416 g/mol. The van der Waals surface area contributed by atoms with Gasteiger partial charge in [0.15, 0.2) is 0 Å². The van der Waals surface area contributed by atoms with E-state index >= 15 is 0 Å². The van der Waals surface area contributed by atoms with Crippen molar-refractivity contribution in [2.45, 2.75) is 57.7 Å². The lowest BCUT2D eigenvalue weighted by Crippen LogP contribution is -2.63. The molecule has 2 aliphatic heterocycles. The fourth-order valence-electron chi connectivity index (χ4n) is 5.25. The van der Waals surface area contributed by atoms with Crippen molar-refractivity contribution in [2.75, 3.05) is 59.2 Å². The molecule has 2 atom stereocenters. The van der Waals surface area contributed by atoms with Gasteiger partial charge in [0, 0.05) is 38.5 Å². The van der Waals surface area contributed by atoms with Gasteiger partial charge in [0.25, 0.3) is 0 Å². The van der Waals surface area contributed by atoms with E-state index in [2.05, 4.69) is 52.9 Å². The number of piperidine rings is 2. The molecule has 30 heavy (non-hydrogen) atoms. The topological polar surface area (TPSA) is 48.0 Å². The van der Waals surface area contributed by atoms with Crippen molar-refractivity contribution in [1.29, 1.82) is 0 Å². The number of methoxy groups -OCH3 is 1. The Bertz CT molecular complexity index is 708. The minimum absolute atomic E-state index is 0.119. The smallest absolute Gasteiger partial charge is 0.244 e. The Morgan fingerprint density at radius 2 is 1.83 bits per heavy atom. The van der Waals surface area contributed by atoms with Gasteiger partial charge in [0.05, 0.1) is 6.10 Å². The maximum Gasteiger partial charge on any atom is 0.244 e. The Kier molecular flexibility index (Phi) is 7.56. The second-order valence-electron chi connectivity index (χ2n) is 9.21. The minimum Gasteiger partial charge on any atom is -0.378 e. The third-order valence-electron chi connectivity index (χ3n) is 7.45. The molecular weight excluding hydrogens is 376 g/mol. The molecule has 0 aliphatic carbocycles. The van der Waals surface area contributed by atoms with Crippen LogP contribution in [0.4, 0.5) is 5.69 Å². The average molecular weight is 417 g/mol. The quantitative estimate of drug-likeness (QED) is 0.773. The number of carbonyl (C=O) groups excluding carboxylic acids is 1. The Morgan fingerprint density at radius 3 is 2.37 bits per heavy atom. The summed E-state index contributed by atoms with van der Waals surface area (Å²) in [6.45, 7) is 11.4. The largest absolute Gasteiger partial charge is 0.378 e. The van der Waals surface area contributed by atoms with Gasteiger partial charge >= 0.3 is 0 Å². The fourth-order valence-corrected chi connectivity index (χ4v) is 5.25. The predicted octanol–water partition coefficient (Wildman–Crippen LogP) is 2.75. The van der Waals surface area contributed by atoms with Crippen molar-refractivity contribution in [3.8, 4) is 0 Å². The molecule has 6 heteroatoms. The first-order valence-corrected chi connectivity index (χ1v) is 11.4. The average Bonchev–Trinajstić information content (AvgIpc) is 2.75. The number of nitrogens with zero attached hydrogens (tertiary/aromatic N) is 3. The molecule has 1 N–H and O–H groups in total. The number of ether oxygens (including phenoxy) is 1. The molecule has 2 saturated heterocycles. The summed E-state index contributed by atoms with van der Waals surface area (Å²) in [5.41, 5.74) is 2.70. The normalized spacial score (nSPS) is 25.4. The number of hydrogen-bond donors (Lipinski definition) is 1. The first-order chi connectivity index (χ1) is 14.3. The molecule has 168 valence electrons. The molecule has 0 bridgehead atoms. The van der Waals surface area contributed by atoms with E-state index < -0.39 is 5.54 Å². The zero-order valence-corrected chi connectivity index (χ0v) is 19.7. The van der Waals surface area contributed by atoms with E-state index in [1.54, 1.807) is 0 Å². The van der Waals surface area contributed by atoms with Crippen LogP contribution < -0.4 is 5.32 Å². The molecule has 2 aliphatic rings. The van der Waals surface area contributed by atoms with Gasteiger partial charge < -0.3 is 15.0 Å². The third kappa shape index (κ3) is 4.57. The second-order valence-corrected chi connectivity index (χ2v) is 9.21. The number of carbonyl (C=O) groups is 1. The molecule has 0 radical (unpaired) electrons. The van der Waals surface area contributed by atoms with Crippen molar-refractivity contribution in [3.63, 3.8) is 0 Å². The number of benzene rings is 1. The van der Waals surface area contributed by atoms with Gasteiger partial charge in [-0.1, -0.05) is 25.1 Å². The summed E-state index contributed by atoms with van der Waals surface area (Å²) < 4.78 is 5.87. The summed E-state index contributed by atoms with van der Waals surface area (Å²) in [6.07, 6.45) is 3.05. The summed E-state index contributed by atoms with van der Waals surface area (Å²) >= 11 is 0. The third-order valence-corrected chi connectivity index (χ3v) is 7.45. The SMILES string of the molecule is CCN1CC[C@H](N2CCC(C(=O)Nc3c(C)cccc3C)(N(C)C)CC2)[C@H](OC)C1. The molecule has 0 aromatic heterocycles. The first kappa shape index (κ1) is 23.2. The highest BCUT2D eigenvalue weighted by Crippen LogP contribution is 2.33. The van der Waals surface area contributed by atoms with E-state index in [1.807, 2.05) is 27.3 Å². The molecule has 1 aromatic rings. The number of nitrogens with one attached hydrogen (secondary N) is 1. The summed E-state index contributed by atoms with van der Waals surface area (Å²) in [4.78, 5) is 20.7. The van der Waals surface area contributed by atoms with Crippen LogP contribution in [0, 0.1) is 13.8 Å². The van der Waals surface area contributed by atoms with Gasteiger partial charge in [-0.05, 0) is 71.4 Å². The second kappa shape index (κ2) is 9.77. The van der Waals surface area contributed by atoms with Gasteiger partial charge in [0.2, 0.25) is 5.91 Å². The standard InChI is InChI=1S/C24H40N4O2/c1-7-27-14-11-20(21(17-27)30-6)28-15-12-24(13-16-28,26(4)5)23(29)25-22-18(2)9-8-10-19(22)3/h8-10,20-21H,7,11-17H2,1-6H3,(H,25,29)/t20-,21+/m0/s1. The number of amides is 1.